The Kier molecular flexibility index (Phi) is 9.30. The minimum atomic E-state index is -1.59. The number of benzene rings is 1. The first-order chi connectivity index (χ1) is 15.1. The molecule has 3 N–H and O–H groups in total. The summed E-state index contributed by atoms with van der Waals surface area (Å²) in [5.41, 5.74) is 0.500. The second-order valence-electron chi connectivity index (χ2n) is 9.11. The predicted molar refractivity (Wildman–Crippen MR) is 121 cm³/mol. The van der Waals surface area contributed by atoms with Gasteiger partial charge in [-0.2, -0.15) is 5.26 Å². The molecule has 0 spiro atoms. The van der Waals surface area contributed by atoms with E-state index in [0.29, 0.717) is 13.0 Å². The summed E-state index contributed by atoms with van der Waals surface area (Å²) >= 11 is 0. The molecule has 1 heterocycles. The summed E-state index contributed by atoms with van der Waals surface area (Å²) in [4.78, 5) is 27.0. The van der Waals surface area contributed by atoms with Crippen LogP contribution < -0.4 is 5.32 Å². The number of allylic oxidation sites excluding steroid dienone is 1. The van der Waals surface area contributed by atoms with E-state index in [0.717, 1.165) is 18.4 Å². The molecular formula is C23H32BN3O5. The molecular weight excluding hydrogens is 409 g/mol. The molecule has 0 unspecified atom stereocenters. The van der Waals surface area contributed by atoms with Crippen molar-refractivity contribution >= 4 is 19.1 Å². The van der Waals surface area contributed by atoms with Crippen LogP contribution in [0.15, 0.2) is 42.0 Å². The Morgan fingerprint density at radius 3 is 2.59 bits per heavy atom. The van der Waals surface area contributed by atoms with E-state index >= 15 is 0 Å². The highest BCUT2D eigenvalue weighted by atomic mass is 16.5. The standard InChI is InChI=1S/C23H32BN3O5/c1-23(2,3)13-18(15-25)21(28)27-12-8-7-11-19(27)16-32-22(29)26-20(14-24(30)31)17-9-5-4-6-10-17/h4-6,9-10,13,19-20,30-31H,7-8,11-12,14,16H2,1-3H3,(H,26,29)/b18-13+/t19-,20+/m0/s1. The molecule has 172 valence electrons. The molecule has 0 aliphatic carbocycles. The zero-order valence-corrected chi connectivity index (χ0v) is 19.0. The van der Waals surface area contributed by atoms with Gasteiger partial charge in [-0.3, -0.25) is 4.79 Å². The molecule has 1 aliphatic rings. The van der Waals surface area contributed by atoms with E-state index in [2.05, 4.69) is 5.32 Å². The van der Waals surface area contributed by atoms with E-state index < -0.39 is 19.3 Å². The molecule has 0 bridgehead atoms. The second kappa shape index (κ2) is 11.7. The molecule has 2 atom stereocenters. The summed E-state index contributed by atoms with van der Waals surface area (Å²) in [5, 5.41) is 30.9. The van der Waals surface area contributed by atoms with Gasteiger partial charge in [0.05, 0.1) is 12.1 Å². The number of rotatable bonds is 7. The Hall–Kier alpha value is -2.83. The highest BCUT2D eigenvalue weighted by molar-refractivity contribution is 6.41. The molecule has 2 amide bonds. The summed E-state index contributed by atoms with van der Waals surface area (Å²) in [5.74, 6) is -0.346. The van der Waals surface area contributed by atoms with Crippen molar-refractivity contribution in [2.75, 3.05) is 13.2 Å². The number of piperidine rings is 1. The molecule has 0 saturated carbocycles. The normalized spacial score (nSPS) is 17.8. The summed E-state index contributed by atoms with van der Waals surface area (Å²) < 4.78 is 5.40. The number of likely N-dealkylation sites (tertiary alicyclic amines) is 1. The second-order valence-corrected chi connectivity index (χ2v) is 9.11. The maximum Gasteiger partial charge on any atom is 0.453 e. The van der Waals surface area contributed by atoms with Crippen LogP contribution in [0.25, 0.3) is 0 Å². The number of ether oxygens (including phenoxy) is 1. The lowest BCUT2D eigenvalue weighted by Crippen LogP contribution is -2.47. The SMILES string of the molecule is CC(C)(C)/C=C(\C#N)C(=O)N1CCCC[C@H]1COC(=O)N[C@H](CB(O)O)c1ccccc1. The van der Waals surface area contributed by atoms with Gasteiger partial charge in [-0.25, -0.2) is 4.79 Å². The molecule has 1 aliphatic heterocycles. The molecule has 9 heteroatoms. The lowest BCUT2D eigenvalue weighted by atomic mass is 9.79. The Morgan fingerprint density at radius 1 is 1.31 bits per heavy atom. The molecule has 1 aromatic carbocycles. The van der Waals surface area contributed by atoms with Gasteiger partial charge in [0.2, 0.25) is 0 Å². The average molecular weight is 441 g/mol. The molecule has 1 aromatic rings. The molecule has 2 rings (SSSR count). The van der Waals surface area contributed by atoms with Crippen LogP contribution in [0.5, 0.6) is 0 Å². The van der Waals surface area contributed by atoms with Gasteiger partial charge in [0.25, 0.3) is 5.91 Å². The van der Waals surface area contributed by atoms with E-state index in [1.165, 1.54) is 0 Å². The van der Waals surface area contributed by atoms with Crippen LogP contribution in [0.2, 0.25) is 6.32 Å². The average Bonchev–Trinajstić information content (AvgIpc) is 2.75. The van der Waals surface area contributed by atoms with Crippen molar-refractivity contribution in [3.05, 3.63) is 47.5 Å². The summed E-state index contributed by atoms with van der Waals surface area (Å²) in [6.07, 6.45) is 3.27. The third-order valence-electron chi connectivity index (χ3n) is 5.16. The predicted octanol–water partition coefficient (Wildman–Crippen LogP) is 2.80. The fourth-order valence-corrected chi connectivity index (χ4v) is 3.70. The van der Waals surface area contributed by atoms with E-state index in [1.54, 1.807) is 35.2 Å². The van der Waals surface area contributed by atoms with E-state index in [1.807, 2.05) is 32.9 Å². The number of amides is 2. The van der Waals surface area contributed by atoms with Gasteiger partial charge in [-0.1, -0.05) is 57.2 Å². The topological polar surface area (TPSA) is 123 Å². The molecule has 0 aromatic heterocycles. The smallest absolute Gasteiger partial charge is 0.447 e. The Morgan fingerprint density at radius 2 is 2.00 bits per heavy atom. The Labute approximate surface area is 190 Å². The van der Waals surface area contributed by atoms with Crippen LogP contribution in [-0.4, -0.2) is 53.3 Å². The number of hydrogen-bond acceptors (Lipinski definition) is 6. The van der Waals surface area contributed by atoms with E-state index in [4.69, 9.17) is 4.74 Å². The van der Waals surface area contributed by atoms with Gasteiger partial charge in [0.1, 0.15) is 18.2 Å². The molecule has 0 radical (unpaired) electrons. The van der Waals surface area contributed by atoms with Gasteiger partial charge in [0, 0.05) is 12.9 Å². The van der Waals surface area contributed by atoms with Crippen LogP contribution in [0.3, 0.4) is 0 Å². The van der Waals surface area contributed by atoms with Crippen molar-refractivity contribution in [3.63, 3.8) is 0 Å². The zero-order valence-electron chi connectivity index (χ0n) is 19.0. The fourth-order valence-electron chi connectivity index (χ4n) is 3.70. The van der Waals surface area contributed by atoms with E-state index in [9.17, 15) is 24.9 Å². The monoisotopic (exact) mass is 441 g/mol. The van der Waals surface area contributed by atoms with Crippen molar-refractivity contribution in [2.24, 2.45) is 5.41 Å². The summed E-state index contributed by atoms with van der Waals surface area (Å²) in [7, 11) is -1.59. The van der Waals surface area contributed by atoms with Crippen LogP contribution in [0.1, 0.15) is 51.6 Å². The Bertz CT molecular complexity index is 845. The van der Waals surface area contributed by atoms with Crippen LogP contribution in [-0.2, 0) is 9.53 Å². The maximum absolute atomic E-state index is 13.0. The number of nitriles is 1. The van der Waals surface area contributed by atoms with Crippen molar-refractivity contribution in [2.45, 2.75) is 58.4 Å². The third-order valence-corrected chi connectivity index (χ3v) is 5.16. The first kappa shape index (κ1) is 25.4. The lowest BCUT2D eigenvalue weighted by molar-refractivity contribution is -0.131. The first-order valence-electron chi connectivity index (χ1n) is 10.9. The minimum absolute atomic E-state index is 0.00497. The number of carbonyl (C=O) groups is 2. The van der Waals surface area contributed by atoms with Crippen molar-refractivity contribution in [1.29, 1.82) is 5.26 Å². The van der Waals surface area contributed by atoms with Gasteiger partial charge >= 0.3 is 13.2 Å². The molecule has 1 fully saturated rings. The minimum Gasteiger partial charge on any atom is -0.447 e. The van der Waals surface area contributed by atoms with Gasteiger partial charge in [0.15, 0.2) is 0 Å². The number of nitrogens with zero attached hydrogens (tertiary/aromatic N) is 2. The number of carbonyl (C=O) groups excluding carboxylic acids is 2. The summed E-state index contributed by atoms with van der Waals surface area (Å²) in [6, 6.07) is 10.0. The van der Waals surface area contributed by atoms with Crippen LogP contribution in [0.4, 0.5) is 4.79 Å². The van der Waals surface area contributed by atoms with Crippen molar-refractivity contribution in [1.82, 2.24) is 10.2 Å². The van der Waals surface area contributed by atoms with Gasteiger partial charge in [-0.15, -0.1) is 0 Å². The number of nitrogens with one attached hydrogen (secondary N) is 1. The van der Waals surface area contributed by atoms with Gasteiger partial charge < -0.3 is 25.0 Å². The molecule has 1 saturated heterocycles. The van der Waals surface area contributed by atoms with Crippen molar-refractivity contribution in [3.8, 4) is 6.07 Å². The fraction of sp³-hybridized carbons (Fsp3) is 0.522. The van der Waals surface area contributed by atoms with E-state index in [-0.39, 0.29) is 35.9 Å². The highest BCUT2D eigenvalue weighted by Gasteiger charge is 2.31. The van der Waals surface area contributed by atoms with Crippen LogP contribution in [0, 0.1) is 16.7 Å². The highest BCUT2D eigenvalue weighted by Crippen LogP contribution is 2.23. The lowest BCUT2D eigenvalue weighted by Gasteiger charge is -2.35. The Balaban J connectivity index is 2.03. The maximum atomic E-state index is 13.0. The zero-order chi connectivity index (χ0) is 23.7. The molecule has 8 nitrogen and oxygen atoms in total. The number of hydrogen-bond donors (Lipinski definition) is 3. The number of alkyl carbamates (subject to hydrolysis) is 1. The first-order valence-corrected chi connectivity index (χ1v) is 10.9. The molecule has 32 heavy (non-hydrogen) atoms. The van der Waals surface area contributed by atoms with Gasteiger partial charge in [-0.05, 0) is 30.2 Å². The van der Waals surface area contributed by atoms with Crippen molar-refractivity contribution < 1.29 is 24.4 Å². The third kappa shape index (κ3) is 8.02. The summed E-state index contributed by atoms with van der Waals surface area (Å²) in [6.45, 7) is 6.26. The van der Waals surface area contributed by atoms with Crippen LogP contribution >= 0.6 is 0 Å². The largest absolute Gasteiger partial charge is 0.453 e. The quantitative estimate of drug-likeness (QED) is 0.340.